The molecular weight excluding hydrogens is 252 g/mol. The van der Waals surface area contributed by atoms with Gasteiger partial charge in [0.15, 0.2) is 5.57 Å². The summed E-state index contributed by atoms with van der Waals surface area (Å²) in [7, 11) is 0. The average molecular weight is 268 g/mol. The highest BCUT2D eigenvalue weighted by molar-refractivity contribution is 6.12. The van der Waals surface area contributed by atoms with Gasteiger partial charge in [-0.25, -0.2) is 9.59 Å². The van der Waals surface area contributed by atoms with Crippen molar-refractivity contribution in [2.24, 2.45) is 0 Å². The quantitative estimate of drug-likeness (QED) is 0.414. The minimum atomic E-state index is -1.50. The van der Waals surface area contributed by atoms with Gasteiger partial charge in [0.1, 0.15) is 0 Å². The van der Waals surface area contributed by atoms with Gasteiger partial charge in [-0.3, -0.25) is 4.79 Å². The Balaban J connectivity index is 2.12. The van der Waals surface area contributed by atoms with Gasteiger partial charge in [-0.1, -0.05) is 0 Å². The maximum absolute atomic E-state index is 11.9. The first-order valence-corrected chi connectivity index (χ1v) is 6.13. The van der Waals surface area contributed by atoms with E-state index < -0.39 is 17.5 Å². The van der Waals surface area contributed by atoms with Crippen LogP contribution in [0.3, 0.4) is 0 Å². The molecule has 1 aliphatic carbocycles. The summed E-state index contributed by atoms with van der Waals surface area (Å²) in [5, 5.41) is 17.6. The summed E-state index contributed by atoms with van der Waals surface area (Å²) in [5.74, 6) is -3.08. The van der Waals surface area contributed by atoms with Crippen molar-refractivity contribution < 1.29 is 24.6 Å². The number of aliphatic carboxylic acids is 2. The van der Waals surface area contributed by atoms with E-state index in [1.807, 2.05) is 6.92 Å². The molecule has 19 heavy (non-hydrogen) atoms. The molecule has 0 aromatic rings. The van der Waals surface area contributed by atoms with Gasteiger partial charge >= 0.3 is 11.9 Å². The Morgan fingerprint density at radius 2 is 1.84 bits per heavy atom. The lowest BCUT2D eigenvalue weighted by Crippen LogP contribution is -2.54. The van der Waals surface area contributed by atoms with E-state index in [1.54, 1.807) is 4.90 Å². The Bertz CT molecular complexity index is 439. The number of hydrogen-bond donors (Lipinski definition) is 2. The van der Waals surface area contributed by atoms with Crippen LogP contribution in [0.5, 0.6) is 0 Å². The number of nitrogens with zero attached hydrogens (tertiary/aromatic N) is 2. The molecule has 7 nitrogen and oxygen atoms in total. The Kier molecular flexibility index (Phi) is 3.46. The second-order valence-corrected chi connectivity index (χ2v) is 4.95. The maximum Gasteiger partial charge on any atom is 0.344 e. The molecule has 1 saturated heterocycles. The minimum absolute atomic E-state index is 0.0295. The second-order valence-electron chi connectivity index (χ2n) is 4.95. The van der Waals surface area contributed by atoms with E-state index in [9.17, 15) is 14.4 Å². The first-order chi connectivity index (χ1) is 8.90. The number of carbonyl (C=O) groups is 3. The molecule has 7 heteroatoms. The lowest BCUT2D eigenvalue weighted by Gasteiger charge is -2.39. The largest absolute Gasteiger partial charge is 0.477 e. The monoisotopic (exact) mass is 268 g/mol. The van der Waals surface area contributed by atoms with Gasteiger partial charge in [0, 0.05) is 24.8 Å². The van der Waals surface area contributed by atoms with E-state index in [1.165, 1.54) is 4.90 Å². The summed E-state index contributed by atoms with van der Waals surface area (Å²) in [6, 6.07) is 0.228. The third-order valence-electron chi connectivity index (χ3n) is 3.41. The Morgan fingerprint density at radius 3 is 2.32 bits per heavy atom. The number of carboxylic acids is 2. The highest BCUT2D eigenvalue weighted by Gasteiger charge is 2.38. The molecule has 1 saturated carbocycles. The molecule has 0 aromatic carbocycles. The second kappa shape index (κ2) is 4.91. The summed E-state index contributed by atoms with van der Waals surface area (Å²) >= 11 is 0. The van der Waals surface area contributed by atoms with Crippen LogP contribution in [0.1, 0.15) is 19.8 Å². The van der Waals surface area contributed by atoms with Crippen LogP contribution in [-0.4, -0.2) is 63.0 Å². The summed E-state index contributed by atoms with van der Waals surface area (Å²) in [5.41, 5.74) is -0.723. The number of carbonyl (C=O) groups excluding carboxylic acids is 1. The summed E-state index contributed by atoms with van der Waals surface area (Å²) < 4.78 is 0. The Hall–Kier alpha value is -2.05. The van der Waals surface area contributed by atoms with E-state index >= 15 is 0 Å². The van der Waals surface area contributed by atoms with Gasteiger partial charge in [-0.15, -0.1) is 0 Å². The molecule has 1 amide bonds. The molecule has 0 radical (unpaired) electrons. The van der Waals surface area contributed by atoms with Crippen molar-refractivity contribution in [3.8, 4) is 0 Å². The molecule has 2 fully saturated rings. The van der Waals surface area contributed by atoms with Gasteiger partial charge in [0.2, 0.25) is 5.91 Å². The van der Waals surface area contributed by atoms with Crippen LogP contribution in [-0.2, 0) is 14.4 Å². The molecular formula is C12H16N2O5. The predicted octanol–water partition coefficient (Wildman–Crippen LogP) is -0.265. The van der Waals surface area contributed by atoms with Crippen LogP contribution in [0, 0.1) is 0 Å². The molecule has 0 spiro atoms. The molecule has 0 bridgehead atoms. The molecule has 0 aromatic heterocycles. The molecule has 2 N–H and O–H groups in total. The molecule has 1 aliphatic heterocycles. The van der Waals surface area contributed by atoms with Gasteiger partial charge < -0.3 is 20.0 Å². The topological polar surface area (TPSA) is 98.2 Å². The van der Waals surface area contributed by atoms with Crippen LogP contribution in [0.2, 0.25) is 0 Å². The molecule has 1 unspecified atom stereocenters. The fraction of sp³-hybridized carbons (Fsp3) is 0.583. The highest BCUT2D eigenvalue weighted by Crippen LogP contribution is 2.29. The minimum Gasteiger partial charge on any atom is -0.477 e. The van der Waals surface area contributed by atoms with Crippen LogP contribution in [0.4, 0.5) is 0 Å². The van der Waals surface area contributed by atoms with Crippen molar-refractivity contribution in [2.45, 2.75) is 31.8 Å². The first kappa shape index (κ1) is 13.4. The molecule has 1 heterocycles. The SMILES string of the molecule is CC1CN(C2CC2)C(=O)CN1C=C(C(=O)O)C(=O)O. The molecule has 1 atom stereocenters. The van der Waals surface area contributed by atoms with E-state index in [-0.39, 0.29) is 18.5 Å². The van der Waals surface area contributed by atoms with Crippen molar-refractivity contribution in [3.63, 3.8) is 0 Å². The van der Waals surface area contributed by atoms with E-state index in [2.05, 4.69) is 0 Å². The number of rotatable bonds is 4. The summed E-state index contributed by atoms with van der Waals surface area (Å²) in [6.45, 7) is 2.38. The van der Waals surface area contributed by atoms with E-state index in [4.69, 9.17) is 10.2 Å². The zero-order chi connectivity index (χ0) is 14.2. The standard InChI is InChI=1S/C12H16N2O5/c1-7-4-14(8-2-3-8)10(15)6-13(7)5-9(11(16)17)12(18)19/h5,7-8H,2-4,6H2,1H3,(H,16,17)(H,18,19). The van der Waals surface area contributed by atoms with Gasteiger partial charge in [0.25, 0.3) is 0 Å². The number of amides is 1. The van der Waals surface area contributed by atoms with Crippen molar-refractivity contribution >= 4 is 17.8 Å². The fourth-order valence-corrected chi connectivity index (χ4v) is 2.17. The van der Waals surface area contributed by atoms with Gasteiger partial charge in [0.05, 0.1) is 6.54 Å². The van der Waals surface area contributed by atoms with Crippen molar-refractivity contribution in [3.05, 3.63) is 11.8 Å². The van der Waals surface area contributed by atoms with Gasteiger partial charge in [-0.05, 0) is 19.8 Å². The van der Waals surface area contributed by atoms with Crippen LogP contribution >= 0.6 is 0 Å². The summed E-state index contributed by atoms with van der Waals surface area (Å²) in [6.07, 6.45) is 3.09. The number of hydrogen-bond acceptors (Lipinski definition) is 4. The van der Waals surface area contributed by atoms with Crippen LogP contribution in [0.25, 0.3) is 0 Å². The zero-order valence-electron chi connectivity index (χ0n) is 10.6. The van der Waals surface area contributed by atoms with E-state index in [0.29, 0.717) is 12.6 Å². The number of carboxylic acid groups (broad SMARTS) is 2. The zero-order valence-corrected chi connectivity index (χ0v) is 10.6. The molecule has 104 valence electrons. The smallest absolute Gasteiger partial charge is 0.344 e. The molecule has 2 rings (SSSR count). The van der Waals surface area contributed by atoms with E-state index in [0.717, 1.165) is 19.0 Å². The summed E-state index contributed by atoms with van der Waals surface area (Å²) in [4.78, 5) is 36.8. The third kappa shape index (κ3) is 2.86. The Morgan fingerprint density at radius 1 is 1.26 bits per heavy atom. The first-order valence-electron chi connectivity index (χ1n) is 6.13. The Labute approximate surface area is 110 Å². The average Bonchev–Trinajstić information content (AvgIpc) is 3.12. The van der Waals surface area contributed by atoms with Gasteiger partial charge in [-0.2, -0.15) is 0 Å². The lowest BCUT2D eigenvalue weighted by atomic mass is 10.1. The number of piperazine rings is 1. The van der Waals surface area contributed by atoms with Crippen molar-refractivity contribution in [2.75, 3.05) is 13.1 Å². The normalized spacial score (nSPS) is 23.2. The third-order valence-corrected chi connectivity index (χ3v) is 3.41. The maximum atomic E-state index is 11.9. The fourth-order valence-electron chi connectivity index (χ4n) is 2.17. The van der Waals surface area contributed by atoms with Crippen molar-refractivity contribution in [1.29, 1.82) is 0 Å². The predicted molar refractivity (Wildman–Crippen MR) is 64.3 cm³/mol. The van der Waals surface area contributed by atoms with Crippen LogP contribution < -0.4 is 0 Å². The van der Waals surface area contributed by atoms with Crippen molar-refractivity contribution in [1.82, 2.24) is 9.80 Å². The highest BCUT2D eigenvalue weighted by atomic mass is 16.4. The van der Waals surface area contributed by atoms with Crippen LogP contribution in [0.15, 0.2) is 11.8 Å². The lowest BCUT2D eigenvalue weighted by molar-refractivity contribution is -0.142. The molecule has 2 aliphatic rings.